The summed E-state index contributed by atoms with van der Waals surface area (Å²) < 4.78 is 16.6. The molecule has 0 aromatic heterocycles. The molecule has 1 aliphatic heterocycles. The fraction of sp³-hybridized carbons (Fsp3) is 0.333. The van der Waals surface area contributed by atoms with E-state index < -0.39 is 0 Å². The minimum Gasteiger partial charge on any atom is -0.496 e. The maximum atomic E-state index is 13.5. The molecule has 0 atom stereocenters. The van der Waals surface area contributed by atoms with Gasteiger partial charge in [-0.1, -0.05) is 31.2 Å². The summed E-state index contributed by atoms with van der Waals surface area (Å²) in [6, 6.07) is 15.3. The molecule has 0 bridgehead atoms. The summed E-state index contributed by atoms with van der Waals surface area (Å²) in [6.07, 6.45) is 2.32. The molecule has 0 aliphatic carbocycles. The van der Waals surface area contributed by atoms with Crippen molar-refractivity contribution >= 4 is 22.6 Å². The second kappa shape index (κ2) is 9.94. The first kappa shape index (κ1) is 22.6. The lowest BCUT2D eigenvalue weighted by Crippen LogP contribution is -2.36. The molecule has 6 nitrogen and oxygen atoms in total. The largest absolute Gasteiger partial charge is 0.496 e. The first-order valence-corrected chi connectivity index (χ1v) is 11.3. The number of cyclic esters (lactones) is 1. The Labute approximate surface area is 194 Å². The van der Waals surface area contributed by atoms with Crippen LogP contribution in [0.25, 0.3) is 10.8 Å². The first-order chi connectivity index (χ1) is 16.0. The normalized spacial score (nSPS) is 14.4. The fourth-order valence-corrected chi connectivity index (χ4v) is 4.33. The summed E-state index contributed by atoms with van der Waals surface area (Å²) in [5, 5.41) is 1.70. The lowest BCUT2D eigenvalue weighted by Gasteiger charge is -2.25. The Hall–Kier alpha value is -3.54. The van der Waals surface area contributed by atoms with Crippen LogP contribution in [0.3, 0.4) is 0 Å². The SMILES string of the molecule is CCc1ccc2c(c1)C(=O)OCCN(C(=O)c1cc(OC)c3cccc(OC)c3c1)CCC2. The fourth-order valence-electron chi connectivity index (χ4n) is 4.33. The molecule has 3 aromatic carbocycles. The third-order valence-electron chi connectivity index (χ3n) is 6.16. The third-order valence-corrected chi connectivity index (χ3v) is 6.16. The van der Waals surface area contributed by atoms with Crippen LogP contribution in [0.2, 0.25) is 0 Å². The van der Waals surface area contributed by atoms with Gasteiger partial charge in [-0.15, -0.1) is 0 Å². The maximum absolute atomic E-state index is 13.5. The number of fused-ring (bicyclic) bond motifs is 2. The van der Waals surface area contributed by atoms with Gasteiger partial charge in [-0.05, 0) is 54.7 Å². The molecule has 172 valence electrons. The summed E-state index contributed by atoms with van der Waals surface area (Å²) in [6.45, 7) is 3.11. The molecule has 0 spiro atoms. The standard InChI is InChI=1S/C27H29NO5/c1-4-18-10-11-19-7-6-12-28(13-14-33-27(30)22(19)15-18)26(29)20-16-23-21(25(17-20)32-3)8-5-9-24(23)31-2/h5,8-11,15-17H,4,6-7,12-14H2,1-3H3. The number of carbonyl (C=O) groups excluding carboxylic acids is 2. The minimum atomic E-state index is -0.327. The molecular weight excluding hydrogens is 418 g/mol. The molecule has 0 saturated heterocycles. The number of ether oxygens (including phenoxy) is 3. The monoisotopic (exact) mass is 447 g/mol. The van der Waals surface area contributed by atoms with E-state index in [-0.39, 0.29) is 18.5 Å². The van der Waals surface area contributed by atoms with E-state index in [2.05, 4.69) is 13.0 Å². The highest BCUT2D eigenvalue weighted by atomic mass is 16.5. The summed E-state index contributed by atoms with van der Waals surface area (Å²) in [7, 11) is 3.20. The second-order valence-electron chi connectivity index (χ2n) is 8.11. The summed E-state index contributed by atoms with van der Waals surface area (Å²) >= 11 is 0. The van der Waals surface area contributed by atoms with E-state index in [0.29, 0.717) is 42.1 Å². The van der Waals surface area contributed by atoms with Crippen molar-refractivity contribution in [1.29, 1.82) is 0 Å². The Bertz CT molecular complexity index is 1190. The van der Waals surface area contributed by atoms with Gasteiger partial charge in [0.15, 0.2) is 0 Å². The van der Waals surface area contributed by atoms with Crippen LogP contribution in [0.15, 0.2) is 48.5 Å². The van der Waals surface area contributed by atoms with E-state index in [1.807, 2.05) is 36.4 Å². The predicted octanol–water partition coefficient (Wildman–Crippen LogP) is 4.66. The zero-order valence-corrected chi connectivity index (χ0v) is 19.3. The van der Waals surface area contributed by atoms with Gasteiger partial charge in [-0.2, -0.15) is 0 Å². The second-order valence-corrected chi connectivity index (χ2v) is 8.11. The predicted molar refractivity (Wildman–Crippen MR) is 127 cm³/mol. The van der Waals surface area contributed by atoms with E-state index in [0.717, 1.165) is 34.7 Å². The molecule has 1 heterocycles. The molecular formula is C27H29NO5. The van der Waals surface area contributed by atoms with Gasteiger partial charge >= 0.3 is 5.97 Å². The minimum absolute atomic E-state index is 0.126. The van der Waals surface area contributed by atoms with Crippen LogP contribution in [0, 0.1) is 0 Å². The number of methoxy groups -OCH3 is 2. The highest BCUT2D eigenvalue weighted by Gasteiger charge is 2.22. The Morgan fingerprint density at radius 1 is 1.00 bits per heavy atom. The van der Waals surface area contributed by atoms with Gasteiger partial charge in [0.1, 0.15) is 18.1 Å². The molecule has 0 fully saturated rings. The Kier molecular flexibility index (Phi) is 6.82. The number of esters is 1. The number of aryl methyl sites for hydroxylation is 2. The lowest BCUT2D eigenvalue weighted by molar-refractivity contribution is 0.0427. The number of hydrogen-bond acceptors (Lipinski definition) is 5. The van der Waals surface area contributed by atoms with Crippen molar-refractivity contribution in [2.45, 2.75) is 26.2 Å². The van der Waals surface area contributed by atoms with Crippen LogP contribution in [0.1, 0.15) is 45.2 Å². The third kappa shape index (κ3) is 4.65. The van der Waals surface area contributed by atoms with E-state index in [4.69, 9.17) is 14.2 Å². The topological polar surface area (TPSA) is 65.1 Å². The van der Waals surface area contributed by atoms with Gasteiger partial charge in [0.25, 0.3) is 5.91 Å². The molecule has 3 aromatic rings. The Balaban J connectivity index is 1.61. The summed E-state index contributed by atoms with van der Waals surface area (Å²) in [4.78, 5) is 27.9. The van der Waals surface area contributed by atoms with Gasteiger partial charge in [-0.3, -0.25) is 4.79 Å². The number of rotatable bonds is 4. The van der Waals surface area contributed by atoms with Gasteiger partial charge < -0.3 is 19.1 Å². The number of amides is 1. The van der Waals surface area contributed by atoms with E-state index in [1.54, 1.807) is 25.2 Å². The molecule has 33 heavy (non-hydrogen) atoms. The summed E-state index contributed by atoms with van der Waals surface area (Å²) in [5.74, 6) is 0.840. The molecule has 6 heteroatoms. The van der Waals surface area contributed by atoms with Gasteiger partial charge in [0.2, 0.25) is 0 Å². The van der Waals surface area contributed by atoms with Crippen molar-refractivity contribution in [2.75, 3.05) is 33.9 Å². The quantitative estimate of drug-likeness (QED) is 0.544. The average Bonchev–Trinajstić information content (AvgIpc) is 2.86. The molecule has 0 saturated carbocycles. The Morgan fingerprint density at radius 2 is 1.82 bits per heavy atom. The molecule has 1 aliphatic rings. The number of carbonyl (C=O) groups is 2. The first-order valence-electron chi connectivity index (χ1n) is 11.3. The average molecular weight is 448 g/mol. The van der Waals surface area contributed by atoms with E-state index in [9.17, 15) is 9.59 Å². The molecule has 0 unspecified atom stereocenters. The van der Waals surface area contributed by atoms with Gasteiger partial charge in [0, 0.05) is 22.9 Å². The van der Waals surface area contributed by atoms with E-state index >= 15 is 0 Å². The lowest BCUT2D eigenvalue weighted by atomic mass is 9.98. The maximum Gasteiger partial charge on any atom is 0.338 e. The van der Waals surface area contributed by atoms with Crippen LogP contribution in [-0.4, -0.2) is 50.7 Å². The molecule has 0 N–H and O–H groups in total. The zero-order chi connectivity index (χ0) is 23.4. The van der Waals surface area contributed by atoms with Crippen molar-refractivity contribution in [3.05, 3.63) is 70.8 Å². The molecule has 1 amide bonds. The Morgan fingerprint density at radius 3 is 2.58 bits per heavy atom. The van der Waals surface area contributed by atoms with Crippen LogP contribution in [0.5, 0.6) is 11.5 Å². The molecule has 4 rings (SSSR count). The van der Waals surface area contributed by atoms with Crippen molar-refractivity contribution < 1.29 is 23.8 Å². The number of hydrogen-bond donors (Lipinski definition) is 0. The number of nitrogens with zero attached hydrogens (tertiary/aromatic N) is 1. The molecule has 0 radical (unpaired) electrons. The van der Waals surface area contributed by atoms with Crippen molar-refractivity contribution in [3.8, 4) is 11.5 Å². The zero-order valence-electron chi connectivity index (χ0n) is 19.3. The van der Waals surface area contributed by atoms with E-state index in [1.165, 1.54) is 0 Å². The van der Waals surface area contributed by atoms with Crippen molar-refractivity contribution in [3.63, 3.8) is 0 Å². The van der Waals surface area contributed by atoms with Crippen LogP contribution in [0.4, 0.5) is 0 Å². The van der Waals surface area contributed by atoms with Crippen LogP contribution < -0.4 is 9.47 Å². The summed E-state index contributed by atoms with van der Waals surface area (Å²) in [5.41, 5.74) is 3.23. The number of benzene rings is 3. The highest BCUT2D eigenvalue weighted by Crippen LogP contribution is 2.34. The highest BCUT2D eigenvalue weighted by molar-refractivity contribution is 6.02. The van der Waals surface area contributed by atoms with Gasteiger partial charge in [-0.25, -0.2) is 4.79 Å². The van der Waals surface area contributed by atoms with Crippen LogP contribution >= 0.6 is 0 Å². The smallest absolute Gasteiger partial charge is 0.338 e. The van der Waals surface area contributed by atoms with Crippen molar-refractivity contribution in [1.82, 2.24) is 4.90 Å². The van der Waals surface area contributed by atoms with Crippen LogP contribution in [-0.2, 0) is 17.6 Å². The van der Waals surface area contributed by atoms with Crippen molar-refractivity contribution in [2.24, 2.45) is 0 Å². The van der Waals surface area contributed by atoms with Gasteiger partial charge in [0.05, 0.1) is 26.3 Å².